The first-order chi connectivity index (χ1) is 8.44. The second-order valence-electron chi connectivity index (χ2n) is 3.38. The first kappa shape index (κ1) is 15.6. The highest BCUT2D eigenvalue weighted by Crippen LogP contribution is 2.30. The van der Waals surface area contributed by atoms with Gasteiger partial charge in [-0.2, -0.15) is 13.2 Å². The molecular formula is C11H11BrClF3O2. The lowest BCUT2D eigenvalue weighted by atomic mass is 10.2. The maximum atomic E-state index is 11.8. The van der Waals surface area contributed by atoms with Crippen molar-refractivity contribution in [2.24, 2.45) is 0 Å². The topological polar surface area (TPSA) is 18.5 Å². The van der Waals surface area contributed by atoms with Gasteiger partial charge in [0.05, 0.1) is 11.6 Å². The third kappa shape index (κ3) is 5.46. The minimum Gasteiger partial charge on any atom is -0.489 e. The molecule has 0 aliphatic heterocycles. The van der Waals surface area contributed by atoms with Crippen LogP contribution in [0.1, 0.15) is 5.56 Å². The van der Waals surface area contributed by atoms with Crippen molar-refractivity contribution in [1.29, 1.82) is 0 Å². The number of ether oxygens (including phenoxy) is 2. The normalized spacial score (nSPS) is 11.6. The lowest BCUT2D eigenvalue weighted by Gasteiger charge is -2.12. The van der Waals surface area contributed by atoms with Crippen molar-refractivity contribution in [3.8, 4) is 5.75 Å². The zero-order valence-corrected chi connectivity index (χ0v) is 11.6. The van der Waals surface area contributed by atoms with Crippen molar-refractivity contribution < 1.29 is 22.6 Å². The Kier molecular flexibility index (Phi) is 6.25. The van der Waals surface area contributed by atoms with Gasteiger partial charge < -0.3 is 9.47 Å². The molecule has 0 radical (unpaired) electrons. The molecule has 0 aliphatic carbocycles. The SMILES string of the molecule is FC(F)(F)COCCOc1c(Cl)cccc1CBr. The van der Waals surface area contributed by atoms with Crippen LogP contribution in [0.25, 0.3) is 0 Å². The third-order valence-corrected chi connectivity index (χ3v) is 2.83. The number of hydrogen-bond donors (Lipinski definition) is 0. The maximum absolute atomic E-state index is 11.8. The van der Waals surface area contributed by atoms with E-state index in [0.29, 0.717) is 16.1 Å². The summed E-state index contributed by atoms with van der Waals surface area (Å²) >= 11 is 9.20. The van der Waals surface area contributed by atoms with E-state index in [0.717, 1.165) is 5.56 Å². The highest BCUT2D eigenvalue weighted by Gasteiger charge is 2.27. The Hall–Kier alpha value is -0.460. The number of hydrogen-bond acceptors (Lipinski definition) is 2. The van der Waals surface area contributed by atoms with Crippen LogP contribution in [0.3, 0.4) is 0 Å². The zero-order valence-electron chi connectivity index (χ0n) is 9.27. The molecule has 0 spiro atoms. The molecule has 0 aliphatic rings. The monoisotopic (exact) mass is 346 g/mol. The van der Waals surface area contributed by atoms with E-state index in [2.05, 4.69) is 20.7 Å². The van der Waals surface area contributed by atoms with E-state index in [-0.39, 0.29) is 13.2 Å². The van der Waals surface area contributed by atoms with Gasteiger partial charge in [0.25, 0.3) is 0 Å². The molecular weight excluding hydrogens is 336 g/mol. The molecule has 0 atom stereocenters. The minimum atomic E-state index is -4.31. The highest BCUT2D eigenvalue weighted by atomic mass is 79.9. The van der Waals surface area contributed by atoms with Crippen molar-refractivity contribution >= 4 is 27.5 Å². The molecule has 18 heavy (non-hydrogen) atoms. The molecule has 0 fully saturated rings. The number of benzene rings is 1. The first-order valence-electron chi connectivity index (χ1n) is 5.04. The Bertz CT molecular complexity index is 385. The van der Waals surface area contributed by atoms with Gasteiger partial charge >= 0.3 is 6.18 Å². The summed E-state index contributed by atoms with van der Waals surface area (Å²) in [6.45, 7) is -1.41. The Morgan fingerprint density at radius 1 is 1.22 bits per heavy atom. The number of alkyl halides is 4. The van der Waals surface area contributed by atoms with Gasteiger partial charge in [-0.25, -0.2) is 0 Å². The number of rotatable bonds is 6. The standard InChI is InChI=1S/C11H11BrClF3O2/c12-6-8-2-1-3-9(13)10(8)18-5-4-17-7-11(14,15)16/h1-3H,4-7H2. The van der Waals surface area contributed by atoms with Crippen molar-refractivity contribution in [1.82, 2.24) is 0 Å². The summed E-state index contributed by atoms with van der Waals surface area (Å²) in [7, 11) is 0. The molecule has 0 amide bonds. The smallest absolute Gasteiger partial charge is 0.411 e. The number of halogens is 5. The molecule has 0 heterocycles. The van der Waals surface area contributed by atoms with Crippen LogP contribution in [0.5, 0.6) is 5.75 Å². The van der Waals surface area contributed by atoms with Crippen LogP contribution in [-0.2, 0) is 10.1 Å². The summed E-state index contributed by atoms with van der Waals surface area (Å²) in [6, 6.07) is 5.23. The molecule has 0 bridgehead atoms. The Balaban J connectivity index is 2.40. The molecule has 0 saturated carbocycles. The second-order valence-corrected chi connectivity index (χ2v) is 4.35. The maximum Gasteiger partial charge on any atom is 0.411 e. The van der Waals surface area contributed by atoms with E-state index >= 15 is 0 Å². The average molecular weight is 348 g/mol. The van der Waals surface area contributed by atoms with E-state index in [4.69, 9.17) is 16.3 Å². The van der Waals surface area contributed by atoms with Gasteiger partial charge in [0.15, 0.2) is 0 Å². The van der Waals surface area contributed by atoms with Crippen molar-refractivity contribution in [2.45, 2.75) is 11.5 Å². The molecule has 1 aromatic rings. The first-order valence-corrected chi connectivity index (χ1v) is 6.54. The van der Waals surface area contributed by atoms with E-state index in [1.54, 1.807) is 12.1 Å². The lowest BCUT2D eigenvalue weighted by molar-refractivity contribution is -0.175. The largest absolute Gasteiger partial charge is 0.489 e. The van der Waals surface area contributed by atoms with Crippen molar-refractivity contribution in [2.75, 3.05) is 19.8 Å². The van der Waals surface area contributed by atoms with Crippen LogP contribution in [0.4, 0.5) is 13.2 Å². The molecule has 102 valence electrons. The highest BCUT2D eigenvalue weighted by molar-refractivity contribution is 9.08. The fourth-order valence-electron chi connectivity index (χ4n) is 1.21. The van der Waals surface area contributed by atoms with Crippen molar-refractivity contribution in [3.05, 3.63) is 28.8 Å². The van der Waals surface area contributed by atoms with Crippen LogP contribution in [0.2, 0.25) is 5.02 Å². The summed E-state index contributed by atoms with van der Waals surface area (Å²) in [5, 5.41) is 0.967. The molecule has 2 nitrogen and oxygen atoms in total. The van der Waals surface area contributed by atoms with Crippen LogP contribution in [-0.4, -0.2) is 26.0 Å². The summed E-state index contributed by atoms with van der Waals surface area (Å²) < 4.78 is 45.1. The molecule has 1 rings (SSSR count). The lowest BCUT2D eigenvalue weighted by Crippen LogP contribution is -2.19. The molecule has 0 N–H and O–H groups in total. The van der Waals surface area contributed by atoms with Crippen LogP contribution >= 0.6 is 27.5 Å². The summed E-state index contributed by atoms with van der Waals surface area (Å²) in [5.74, 6) is 0.464. The second kappa shape index (κ2) is 7.21. The van der Waals surface area contributed by atoms with Gasteiger partial charge in [-0.05, 0) is 6.07 Å². The summed E-state index contributed by atoms with van der Waals surface area (Å²) in [5.41, 5.74) is 0.832. The summed E-state index contributed by atoms with van der Waals surface area (Å²) in [4.78, 5) is 0. The molecule has 0 unspecified atom stereocenters. The van der Waals surface area contributed by atoms with Crippen LogP contribution < -0.4 is 4.74 Å². The summed E-state index contributed by atoms with van der Waals surface area (Å²) in [6.07, 6.45) is -4.31. The number of para-hydroxylation sites is 1. The van der Waals surface area contributed by atoms with Crippen LogP contribution in [0.15, 0.2) is 18.2 Å². The van der Waals surface area contributed by atoms with Gasteiger partial charge in [-0.3, -0.25) is 0 Å². The van der Waals surface area contributed by atoms with Gasteiger partial charge in [0.2, 0.25) is 0 Å². The molecule has 7 heteroatoms. The van der Waals surface area contributed by atoms with Gasteiger partial charge in [-0.1, -0.05) is 39.7 Å². The zero-order chi connectivity index (χ0) is 13.6. The van der Waals surface area contributed by atoms with Gasteiger partial charge in [-0.15, -0.1) is 0 Å². The predicted molar refractivity (Wildman–Crippen MR) is 66.5 cm³/mol. The van der Waals surface area contributed by atoms with Crippen molar-refractivity contribution in [3.63, 3.8) is 0 Å². The van der Waals surface area contributed by atoms with E-state index in [1.165, 1.54) is 0 Å². The fraction of sp³-hybridized carbons (Fsp3) is 0.455. The van der Waals surface area contributed by atoms with E-state index in [9.17, 15) is 13.2 Å². The van der Waals surface area contributed by atoms with E-state index in [1.807, 2.05) is 6.07 Å². The minimum absolute atomic E-state index is 0.0137. The van der Waals surface area contributed by atoms with Gasteiger partial charge in [0.1, 0.15) is 19.0 Å². The average Bonchev–Trinajstić information content (AvgIpc) is 2.29. The quantitative estimate of drug-likeness (QED) is 0.567. The molecule has 1 aromatic carbocycles. The van der Waals surface area contributed by atoms with E-state index < -0.39 is 12.8 Å². The molecule has 0 aromatic heterocycles. The fourth-order valence-corrected chi connectivity index (χ4v) is 1.90. The molecule has 0 saturated heterocycles. The predicted octanol–water partition coefficient (Wildman–Crippen LogP) is 4.19. The Labute approximate surface area is 116 Å². The van der Waals surface area contributed by atoms with Crippen LogP contribution in [0, 0.1) is 0 Å². The third-order valence-electron chi connectivity index (χ3n) is 1.93. The Morgan fingerprint density at radius 2 is 1.94 bits per heavy atom. The van der Waals surface area contributed by atoms with Gasteiger partial charge in [0, 0.05) is 10.9 Å². The Morgan fingerprint density at radius 3 is 2.56 bits per heavy atom.